The molecule has 0 aliphatic heterocycles. The standard InChI is InChI=1S/C10H11Cl2FO3/c1-15-6-4-3-5(13)7(9(6)16-2)8(14)10(11)12/h3-4,8,10,14H,1-2H3. The van der Waals surface area contributed by atoms with Crippen molar-refractivity contribution in [3.05, 3.63) is 23.5 Å². The van der Waals surface area contributed by atoms with Gasteiger partial charge in [-0.1, -0.05) is 0 Å². The molecule has 0 heterocycles. The van der Waals surface area contributed by atoms with Crippen LogP contribution in [0.25, 0.3) is 0 Å². The zero-order chi connectivity index (χ0) is 12.3. The van der Waals surface area contributed by atoms with Gasteiger partial charge in [0.15, 0.2) is 11.5 Å². The summed E-state index contributed by atoms with van der Waals surface area (Å²) in [5.41, 5.74) is -0.114. The highest BCUT2D eigenvalue weighted by molar-refractivity contribution is 6.44. The Hall–Kier alpha value is -0.710. The Morgan fingerprint density at radius 2 is 1.88 bits per heavy atom. The van der Waals surface area contributed by atoms with Crippen molar-refractivity contribution in [2.75, 3.05) is 14.2 Å². The number of benzene rings is 1. The molecule has 0 aliphatic carbocycles. The van der Waals surface area contributed by atoms with Crippen molar-refractivity contribution in [1.82, 2.24) is 0 Å². The van der Waals surface area contributed by atoms with Gasteiger partial charge in [-0.15, -0.1) is 23.2 Å². The van der Waals surface area contributed by atoms with Crippen molar-refractivity contribution < 1.29 is 19.0 Å². The van der Waals surface area contributed by atoms with E-state index >= 15 is 0 Å². The van der Waals surface area contributed by atoms with Crippen LogP contribution in [-0.4, -0.2) is 24.2 Å². The van der Waals surface area contributed by atoms with Gasteiger partial charge in [-0.25, -0.2) is 4.39 Å². The summed E-state index contributed by atoms with van der Waals surface area (Å²) in [7, 11) is 2.75. The highest BCUT2D eigenvalue weighted by Gasteiger charge is 2.26. The summed E-state index contributed by atoms with van der Waals surface area (Å²) in [6.07, 6.45) is -1.38. The van der Waals surface area contributed by atoms with Crippen molar-refractivity contribution in [2.45, 2.75) is 10.9 Å². The molecule has 0 spiro atoms. The molecular weight excluding hydrogens is 258 g/mol. The molecule has 1 N–H and O–H groups in total. The van der Waals surface area contributed by atoms with Crippen molar-refractivity contribution in [2.24, 2.45) is 0 Å². The van der Waals surface area contributed by atoms with Crippen molar-refractivity contribution in [1.29, 1.82) is 0 Å². The molecule has 1 rings (SSSR count). The van der Waals surface area contributed by atoms with Gasteiger partial charge < -0.3 is 14.6 Å². The largest absolute Gasteiger partial charge is 0.493 e. The number of rotatable bonds is 4. The second kappa shape index (κ2) is 5.57. The average Bonchev–Trinajstić information content (AvgIpc) is 2.27. The first-order valence-electron chi connectivity index (χ1n) is 4.39. The summed E-state index contributed by atoms with van der Waals surface area (Å²) in [6, 6.07) is 2.54. The number of hydrogen-bond donors (Lipinski definition) is 1. The van der Waals surface area contributed by atoms with E-state index < -0.39 is 16.8 Å². The van der Waals surface area contributed by atoms with Gasteiger partial charge in [0.1, 0.15) is 16.8 Å². The first-order chi connectivity index (χ1) is 7.52. The van der Waals surface area contributed by atoms with Gasteiger partial charge in [0, 0.05) is 0 Å². The van der Waals surface area contributed by atoms with E-state index in [2.05, 4.69) is 0 Å². The number of hydrogen-bond acceptors (Lipinski definition) is 3. The van der Waals surface area contributed by atoms with E-state index in [0.717, 1.165) is 6.07 Å². The van der Waals surface area contributed by atoms with Gasteiger partial charge in [-0.3, -0.25) is 0 Å². The molecule has 3 nitrogen and oxygen atoms in total. The smallest absolute Gasteiger partial charge is 0.169 e. The number of alkyl halides is 2. The Morgan fingerprint density at radius 3 is 2.31 bits per heavy atom. The lowest BCUT2D eigenvalue weighted by molar-refractivity contribution is 0.181. The number of ether oxygens (including phenoxy) is 2. The summed E-state index contributed by atoms with van der Waals surface area (Å²) in [6.45, 7) is 0. The molecule has 0 aromatic heterocycles. The van der Waals surface area contributed by atoms with Crippen LogP contribution >= 0.6 is 23.2 Å². The minimum atomic E-state index is -1.38. The zero-order valence-electron chi connectivity index (χ0n) is 8.71. The second-order valence-corrected chi connectivity index (χ2v) is 4.14. The fourth-order valence-corrected chi connectivity index (χ4v) is 1.58. The lowest BCUT2D eigenvalue weighted by atomic mass is 10.1. The molecule has 1 atom stereocenters. The maximum atomic E-state index is 13.6. The molecule has 0 radical (unpaired) electrons. The number of aliphatic hydroxyl groups excluding tert-OH is 1. The maximum Gasteiger partial charge on any atom is 0.169 e. The third kappa shape index (κ3) is 2.51. The number of methoxy groups -OCH3 is 2. The van der Waals surface area contributed by atoms with Crippen LogP contribution in [0.15, 0.2) is 12.1 Å². The highest BCUT2D eigenvalue weighted by atomic mass is 35.5. The molecule has 90 valence electrons. The lowest BCUT2D eigenvalue weighted by Crippen LogP contribution is -2.11. The van der Waals surface area contributed by atoms with E-state index in [0.29, 0.717) is 5.75 Å². The molecule has 0 amide bonds. The Kier molecular flexibility index (Phi) is 4.65. The minimum Gasteiger partial charge on any atom is -0.493 e. The van der Waals surface area contributed by atoms with Gasteiger partial charge in [-0.05, 0) is 12.1 Å². The Labute approximate surface area is 103 Å². The molecule has 1 aromatic rings. The van der Waals surface area contributed by atoms with Crippen molar-refractivity contribution in [3.8, 4) is 11.5 Å². The normalized spacial score (nSPS) is 12.7. The summed E-state index contributed by atoms with van der Waals surface area (Å²) < 4.78 is 23.5. The van der Waals surface area contributed by atoms with Crippen LogP contribution in [0.2, 0.25) is 0 Å². The third-order valence-corrected chi connectivity index (χ3v) is 2.54. The fourth-order valence-electron chi connectivity index (χ4n) is 1.33. The average molecular weight is 269 g/mol. The molecule has 0 fully saturated rings. The van der Waals surface area contributed by atoms with Crippen LogP contribution in [0.5, 0.6) is 11.5 Å². The quantitative estimate of drug-likeness (QED) is 0.854. The lowest BCUT2D eigenvalue weighted by Gasteiger charge is -2.18. The van der Waals surface area contributed by atoms with E-state index in [1.54, 1.807) is 0 Å². The molecular formula is C10H11Cl2FO3. The molecule has 1 aromatic carbocycles. The monoisotopic (exact) mass is 268 g/mol. The van der Waals surface area contributed by atoms with E-state index in [1.807, 2.05) is 0 Å². The molecule has 0 bridgehead atoms. The summed E-state index contributed by atoms with van der Waals surface area (Å²) in [5, 5.41) is 9.67. The molecule has 0 saturated carbocycles. The minimum absolute atomic E-state index is 0.0845. The van der Waals surface area contributed by atoms with Gasteiger partial charge in [0.2, 0.25) is 0 Å². The van der Waals surface area contributed by atoms with Crippen molar-refractivity contribution in [3.63, 3.8) is 0 Å². The molecule has 1 unspecified atom stereocenters. The fraction of sp³-hybridized carbons (Fsp3) is 0.400. The van der Waals surface area contributed by atoms with E-state index in [9.17, 15) is 9.50 Å². The first kappa shape index (κ1) is 13.4. The Balaban J connectivity index is 3.34. The summed E-state index contributed by atoms with van der Waals surface area (Å²) in [5.74, 6) is -0.273. The Bertz CT molecular complexity index is 371. The second-order valence-electron chi connectivity index (χ2n) is 2.98. The van der Waals surface area contributed by atoms with Crippen LogP contribution in [0.4, 0.5) is 4.39 Å². The van der Waals surface area contributed by atoms with E-state index in [1.165, 1.54) is 20.3 Å². The van der Waals surface area contributed by atoms with Crippen LogP contribution < -0.4 is 9.47 Å². The predicted octanol–water partition coefficient (Wildman–Crippen LogP) is 2.68. The van der Waals surface area contributed by atoms with Gasteiger partial charge in [0.05, 0.1) is 19.8 Å². The first-order valence-corrected chi connectivity index (χ1v) is 5.26. The molecule has 16 heavy (non-hydrogen) atoms. The topological polar surface area (TPSA) is 38.7 Å². The highest BCUT2D eigenvalue weighted by Crippen LogP contribution is 2.39. The van der Waals surface area contributed by atoms with E-state index in [-0.39, 0.29) is 11.3 Å². The Morgan fingerprint density at radius 1 is 1.25 bits per heavy atom. The van der Waals surface area contributed by atoms with Crippen LogP contribution in [0.3, 0.4) is 0 Å². The van der Waals surface area contributed by atoms with Crippen LogP contribution in [-0.2, 0) is 0 Å². The molecule has 6 heteroatoms. The van der Waals surface area contributed by atoms with Crippen LogP contribution in [0.1, 0.15) is 11.7 Å². The molecule has 0 aliphatic rings. The predicted molar refractivity (Wildman–Crippen MR) is 60.0 cm³/mol. The van der Waals surface area contributed by atoms with E-state index in [4.69, 9.17) is 32.7 Å². The van der Waals surface area contributed by atoms with Gasteiger partial charge in [0.25, 0.3) is 0 Å². The third-order valence-electron chi connectivity index (χ3n) is 2.07. The van der Waals surface area contributed by atoms with Crippen molar-refractivity contribution >= 4 is 23.2 Å². The number of aliphatic hydroxyl groups is 1. The summed E-state index contributed by atoms with van der Waals surface area (Å²) in [4.78, 5) is -1.16. The molecule has 0 saturated heterocycles. The zero-order valence-corrected chi connectivity index (χ0v) is 10.2. The summed E-state index contributed by atoms with van der Waals surface area (Å²) >= 11 is 11.0. The number of halogens is 3. The van der Waals surface area contributed by atoms with Gasteiger partial charge in [-0.2, -0.15) is 0 Å². The maximum absolute atomic E-state index is 13.6. The van der Waals surface area contributed by atoms with Crippen LogP contribution in [0, 0.1) is 5.82 Å². The SMILES string of the molecule is COc1ccc(F)c(C(O)C(Cl)Cl)c1OC. The van der Waals surface area contributed by atoms with Gasteiger partial charge >= 0.3 is 0 Å².